The second kappa shape index (κ2) is 9.60. The van der Waals surface area contributed by atoms with E-state index in [1.165, 1.54) is 12.8 Å². The average molecular weight is 417 g/mol. The molecule has 1 saturated heterocycles. The standard InChI is InChI=1S/C25H28N4O2/c1-18-13-15-29(16-14-18)24-12-11-22(27-28-24)20-7-9-21(10-8-20)26-25(30)17-31-23-6-4-3-5-19(23)2/h3-12,18H,13-17H2,1-2H3,(H,26,30). The molecule has 0 saturated carbocycles. The minimum absolute atomic E-state index is 0.0329. The van der Waals surface area contributed by atoms with Crippen LogP contribution in [0.25, 0.3) is 11.3 Å². The molecular formula is C25H28N4O2. The van der Waals surface area contributed by atoms with Gasteiger partial charge in [0.2, 0.25) is 0 Å². The molecule has 31 heavy (non-hydrogen) atoms. The van der Waals surface area contributed by atoms with Gasteiger partial charge in [0.1, 0.15) is 5.75 Å². The van der Waals surface area contributed by atoms with Crippen molar-refractivity contribution in [1.29, 1.82) is 0 Å². The maximum absolute atomic E-state index is 12.2. The van der Waals surface area contributed by atoms with Gasteiger partial charge < -0.3 is 15.0 Å². The zero-order valence-corrected chi connectivity index (χ0v) is 18.0. The first-order valence-corrected chi connectivity index (χ1v) is 10.8. The summed E-state index contributed by atoms with van der Waals surface area (Å²) >= 11 is 0. The molecule has 0 unspecified atom stereocenters. The highest BCUT2D eigenvalue weighted by Crippen LogP contribution is 2.24. The summed E-state index contributed by atoms with van der Waals surface area (Å²) in [4.78, 5) is 14.5. The Morgan fingerprint density at radius 1 is 1.03 bits per heavy atom. The minimum Gasteiger partial charge on any atom is -0.483 e. The number of nitrogens with zero attached hydrogens (tertiary/aromatic N) is 3. The Kier molecular flexibility index (Phi) is 6.46. The molecule has 2 aromatic carbocycles. The highest BCUT2D eigenvalue weighted by Gasteiger charge is 2.17. The largest absolute Gasteiger partial charge is 0.483 e. The van der Waals surface area contributed by atoms with E-state index in [1.54, 1.807) is 0 Å². The Bertz CT molecular complexity index is 1010. The number of piperidine rings is 1. The lowest BCUT2D eigenvalue weighted by atomic mass is 9.99. The van der Waals surface area contributed by atoms with E-state index in [0.717, 1.165) is 41.6 Å². The number of aromatic nitrogens is 2. The molecule has 0 bridgehead atoms. The molecule has 1 aliphatic rings. The number of anilines is 2. The van der Waals surface area contributed by atoms with Gasteiger partial charge in [0.15, 0.2) is 12.4 Å². The number of rotatable bonds is 6. The molecule has 1 N–H and O–H groups in total. The van der Waals surface area contributed by atoms with E-state index in [1.807, 2.05) is 67.6 Å². The number of hydrogen-bond acceptors (Lipinski definition) is 5. The van der Waals surface area contributed by atoms with Crippen LogP contribution in [0.4, 0.5) is 11.5 Å². The molecule has 6 heteroatoms. The minimum atomic E-state index is -0.198. The van der Waals surface area contributed by atoms with Crippen LogP contribution < -0.4 is 15.0 Å². The lowest BCUT2D eigenvalue weighted by Gasteiger charge is -2.30. The van der Waals surface area contributed by atoms with Gasteiger partial charge in [0.05, 0.1) is 5.69 Å². The normalized spacial score (nSPS) is 14.3. The highest BCUT2D eigenvalue weighted by molar-refractivity contribution is 5.92. The third kappa shape index (κ3) is 5.40. The van der Waals surface area contributed by atoms with Crippen LogP contribution >= 0.6 is 0 Å². The Morgan fingerprint density at radius 3 is 2.45 bits per heavy atom. The summed E-state index contributed by atoms with van der Waals surface area (Å²) in [5, 5.41) is 11.7. The molecule has 2 heterocycles. The van der Waals surface area contributed by atoms with Crippen molar-refractivity contribution in [3.05, 3.63) is 66.2 Å². The van der Waals surface area contributed by atoms with Crippen molar-refractivity contribution in [2.75, 3.05) is 29.9 Å². The molecule has 1 aliphatic heterocycles. The van der Waals surface area contributed by atoms with Crippen LogP contribution in [0.1, 0.15) is 25.3 Å². The van der Waals surface area contributed by atoms with Gasteiger partial charge in [-0.05, 0) is 61.6 Å². The third-order valence-corrected chi connectivity index (χ3v) is 5.67. The SMILES string of the molecule is Cc1ccccc1OCC(=O)Nc1ccc(-c2ccc(N3CCC(C)CC3)nn2)cc1. The molecule has 1 fully saturated rings. The number of amides is 1. The second-order valence-corrected chi connectivity index (χ2v) is 8.13. The monoisotopic (exact) mass is 416 g/mol. The van der Waals surface area contributed by atoms with Gasteiger partial charge in [-0.2, -0.15) is 0 Å². The van der Waals surface area contributed by atoms with Gasteiger partial charge in [-0.3, -0.25) is 4.79 Å². The molecule has 1 amide bonds. The Hall–Kier alpha value is -3.41. The predicted octanol–water partition coefficient (Wildman–Crippen LogP) is 4.71. The fraction of sp³-hybridized carbons (Fsp3) is 0.320. The van der Waals surface area contributed by atoms with Crippen LogP contribution in [-0.2, 0) is 4.79 Å². The molecule has 0 radical (unpaired) electrons. The Morgan fingerprint density at radius 2 is 1.77 bits per heavy atom. The molecular weight excluding hydrogens is 388 g/mol. The number of ether oxygens (including phenoxy) is 1. The number of benzene rings is 2. The zero-order valence-electron chi connectivity index (χ0n) is 18.0. The summed E-state index contributed by atoms with van der Waals surface area (Å²) in [6, 6.07) is 19.3. The van der Waals surface area contributed by atoms with Crippen molar-refractivity contribution in [3.63, 3.8) is 0 Å². The average Bonchev–Trinajstić information content (AvgIpc) is 2.80. The fourth-order valence-electron chi connectivity index (χ4n) is 3.67. The number of hydrogen-bond donors (Lipinski definition) is 1. The first kappa shape index (κ1) is 20.8. The number of nitrogens with one attached hydrogen (secondary N) is 1. The van der Waals surface area contributed by atoms with Crippen LogP contribution in [0.2, 0.25) is 0 Å². The van der Waals surface area contributed by atoms with Gasteiger partial charge in [-0.1, -0.05) is 37.3 Å². The summed E-state index contributed by atoms with van der Waals surface area (Å²) in [7, 11) is 0. The smallest absolute Gasteiger partial charge is 0.262 e. The van der Waals surface area contributed by atoms with Crippen molar-refractivity contribution < 1.29 is 9.53 Å². The van der Waals surface area contributed by atoms with E-state index in [4.69, 9.17) is 4.74 Å². The van der Waals surface area contributed by atoms with Crippen molar-refractivity contribution in [2.24, 2.45) is 5.92 Å². The molecule has 4 rings (SSSR count). The van der Waals surface area contributed by atoms with Gasteiger partial charge in [0.25, 0.3) is 5.91 Å². The highest BCUT2D eigenvalue weighted by atomic mass is 16.5. The lowest BCUT2D eigenvalue weighted by Crippen LogP contribution is -2.33. The zero-order chi connectivity index (χ0) is 21.6. The van der Waals surface area contributed by atoms with Gasteiger partial charge in [0, 0.05) is 24.3 Å². The van der Waals surface area contributed by atoms with Crippen molar-refractivity contribution in [2.45, 2.75) is 26.7 Å². The van der Waals surface area contributed by atoms with E-state index in [9.17, 15) is 4.79 Å². The van der Waals surface area contributed by atoms with Gasteiger partial charge in [-0.15, -0.1) is 10.2 Å². The Balaban J connectivity index is 1.32. The molecule has 0 spiro atoms. The topological polar surface area (TPSA) is 67.3 Å². The molecule has 160 valence electrons. The molecule has 3 aromatic rings. The van der Waals surface area contributed by atoms with Crippen molar-refractivity contribution >= 4 is 17.4 Å². The predicted molar refractivity (Wildman–Crippen MR) is 123 cm³/mol. The number of para-hydroxylation sites is 1. The molecule has 0 aliphatic carbocycles. The molecule has 0 atom stereocenters. The summed E-state index contributed by atoms with van der Waals surface area (Å²) in [5.41, 5.74) is 3.49. The van der Waals surface area contributed by atoms with Crippen LogP contribution in [0, 0.1) is 12.8 Å². The second-order valence-electron chi connectivity index (χ2n) is 8.13. The Labute approximate surface area is 183 Å². The number of carbonyl (C=O) groups excluding carboxylic acids is 1. The van der Waals surface area contributed by atoms with Crippen LogP contribution in [0.5, 0.6) is 5.75 Å². The van der Waals surface area contributed by atoms with E-state index in [2.05, 4.69) is 27.3 Å². The summed E-state index contributed by atoms with van der Waals surface area (Å²) in [6.45, 7) is 6.30. The van der Waals surface area contributed by atoms with E-state index in [0.29, 0.717) is 11.4 Å². The third-order valence-electron chi connectivity index (χ3n) is 5.67. The fourth-order valence-corrected chi connectivity index (χ4v) is 3.67. The van der Waals surface area contributed by atoms with E-state index < -0.39 is 0 Å². The van der Waals surface area contributed by atoms with Gasteiger partial charge in [-0.25, -0.2) is 0 Å². The van der Waals surface area contributed by atoms with Crippen LogP contribution in [0.3, 0.4) is 0 Å². The van der Waals surface area contributed by atoms with E-state index in [-0.39, 0.29) is 12.5 Å². The number of aryl methyl sites for hydroxylation is 1. The van der Waals surface area contributed by atoms with Crippen molar-refractivity contribution in [1.82, 2.24) is 10.2 Å². The quantitative estimate of drug-likeness (QED) is 0.631. The molecule has 6 nitrogen and oxygen atoms in total. The first-order valence-electron chi connectivity index (χ1n) is 10.8. The number of carbonyl (C=O) groups is 1. The van der Waals surface area contributed by atoms with Crippen LogP contribution in [0.15, 0.2) is 60.7 Å². The molecule has 1 aromatic heterocycles. The maximum Gasteiger partial charge on any atom is 0.262 e. The summed E-state index contributed by atoms with van der Waals surface area (Å²) < 4.78 is 5.60. The van der Waals surface area contributed by atoms with Gasteiger partial charge >= 0.3 is 0 Å². The van der Waals surface area contributed by atoms with E-state index >= 15 is 0 Å². The van der Waals surface area contributed by atoms with Crippen molar-refractivity contribution in [3.8, 4) is 17.0 Å². The first-order chi connectivity index (χ1) is 15.1. The summed E-state index contributed by atoms with van der Waals surface area (Å²) in [5.74, 6) is 2.25. The maximum atomic E-state index is 12.2. The van der Waals surface area contributed by atoms with Crippen LogP contribution in [-0.4, -0.2) is 35.8 Å². The summed E-state index contributed by atoms with van der Waals surface area (Å²) in [6.07, 6.45) is 2.40. The lowest BCUT2D eigenvalue weighted by molar-refractivity contribution is -0.118.